The van der Waals surface area contributed by atoms with Gasteiger partial charge in [0.2, 0.25) is 5.95 Å². The number of methoxy groups -OCH3 is 1. The Morgan fingerprint density at radius 3 is 2.66 bits per heavy atom. The predicted molar refractivity (Wildman–Crippen MR) is 133 cm³/mol. The van der Waals surface area contributed by atoms with Gasteiger partial charge in [0.1, 0.15) is 16.5 Å². The molecule has 0 saturated heterocycles. The van der Waals surface area contributed by atoms with Gasteiger partial charge in [-0.05, 0) is 62.2 Å². The first kappa shape index (κ1) is 25.0. The van der Waals surface area contributed by atoms with E-state index in [2.05, 4.69) is 43.7 Å². The number of anilines is 4. The second kappa shape index (κ2) is 9.84. The Hall–Kier alpha value is -3.15. The molecule has 1 atom stereocenters. The van der Waals surface area contributed by atoms with Crippen LogP contribution in [0.5, 0.6) is 11.5 Å². The summed E-state index contributed by atoms with van der Waals surface area (Å²) in [4.78, 5) is 11.0. The number of benzene rings is 2. The van der Waals surface area contributed by atoms with Crippen molar-refractivity contribution in [1.29, 1.82) is 0 Å². The molecule has 12 heteroatoms. The molecule has 0 fully saturated rings. The third kappa shape index (κ3) is 5.92. The summed E-state index contributed by atoms with van der Waals surface area (Å²) in [6, 6.07) is 8.76. The fourth-order valence-corrected chi connectivity index (χ4v) is 4.31. The van der Waals surface area contributed by atoms with E-state index < -0.39 is 10.5 Å². The van der Waals surface area contributed by atoms with Gasteiger partial charge in [-0.2, -0.15) is 13.4 Å². The van der Waals surface area contributed by atoms with Crippen LogP contribution in [0, 0.1) is 6.92 Å². The number of nitrogens with one attached hydrogen (secondary N) is 2. The van der Waals surface area contributed by atoms with Crippen LogP contribution in [-0.4, -0.2) is 43.5 Å². The van der Waals surface area contributed by atoms with Crippen molar-refractivity contribution in [2.45, 2.75) is 32.9 Å². The molecule has 0 saturated carbocycles. The zero-order chi connectivity index (χ0) is 25.3. The van der Waals surface area contributed by atoms with Gasteiger partial charge in [-0.1, -0.05) is 21.6 Å². The van der Waals surface area contributed by atoms with Crippen LogP contribution in [0.25, 0.3) is 0 Å². The zero-order valence-corrected chi connectivity index (χ0v) is 21.2. The molecule has 1 unspecified atom stereocenters. The average molecular weight is 522 g/mol. The molecule has 2 N–H and O–H groups in total. The molecule has 186 valence electrons. The van der Waals surface area contributed by atoms with E-state index in [0.29, 0.717) is 23.2 Å². The number of ether oxygens (including phenoxy) is 1. The topological polar surface area (TPSA) is 106 Å². The second-order valence-corrected chi connectivity index (χ2v) is 9.74. The highest BCUT2D eigenvalue weighted by Gasteiger charge is 2.22. The largest absolute Gasteiger partial charge is 0.495 e. The molecule has 2 aromatic carbocycles. The maximum atomic E-state index is 12.9. The molecule has 4 rings (SSSR count). The average Bonchev–Trinajstić information content (AvgIpc) is 2.78. The standard InChI is InChI=1S/C23H25ClFN5O4S/c1-13-5-6-17(34-35(25,31)32)10-19(13)27-22-18(24)11-26-23(29-22)28-20-8-16-12-30(3)14(2)7-15(16)9-21(20)33-4/h5-6,8-11,14H,7,12H2,1-4H3,(H2,26,27,28,29). The lowest BCUT2D eigenvalue weighted by Gasteiger charge is -2.32. The highest BCUT2D eigenvalue weighted by molar-refractivity contribution is 7.81. The molecule has 35 heavy (non-hydrogen) atoms. The van der Waals surface area contributed by atoms with Crippen LogP contribution in [0.15, 0.2) is 36.5 Å². The van der Waals surface area contributed by atoms with E-state index in [1.807, 2.05) is 12.1 Å². The first-order valence-corrected chi connectivity index (χ1v) is 12.4. The first-order valence-electron chi connectivity index (χ1n) is 10.7. The molecule has 9 nitrogen and oxygen atoms in total. The molecule has 0 spiro atoms. The third-order valence-electron chi connectivity index (χ3n) is 5.86. The normalized spacial score (nSPS) is 15.9. The van der Waals surface area contributed by atoms with Gasteiger partial charge >= 0.3 is 10.5 Å². The Morgan fingerprint density at radius 2 is 1.94 bits per heavy atom. The molecular formula is C23H25ClFN5O4S. The molecule has 2 heterocycles. The molecule has 1 aliphatic rings. The van der Waals surface area contributed by atoms with E-state index in [-0.39, 0.29) is 22.5 Å². The van der Waals surface area contributed by atoms with E-state index in [0.717, 1.165) is 18.5 Å². The summed E-state index contributed by atoms with van der Waals surface area (Å²) in [5.41, 5.74) is 4.30. The van der Waals surface area contributed by atoms with Crippen molar-refractivity contribution in [2.75, 3.05) is 24.8 Å². The minimum absolute atomic E-state index is 0.192. The van der Waals surface area contributed by atoms with Crippen LogP contribution >= 0.6 is 11.6 Å². The summed E-state index contributed by atoms with van der Waals surface area (Å²) in [7, 11) is -1.45. The Kier molecular flexibility index (Phi) is 7.02. The lowest BCUT2D eigenvalue weighted by atomic mass is 9.94. The number of likely N-dealkylation sites (N-methyl/N-ethyl adjacent to an activating group) is 1. The molecule has 3 aromatic rings. The summed E-state index contributed by atoms with van der Waals surface area (Å²) >= 11 is 6.30. The van der Waals surface area contributed by atoms with E-state index in [9.17, 15) is 12.3 Å². The number of rotatable bonds is 7. The van der Waals surface area contributed by atoms with Crippen molar-refractivity contribution in [2.24, 2.45) is 0 Å². The number of aryl methyl sites for hydroxylation is 1. The molecule has 0 bridgehead atoms. The Labute approximate surface area is 208 Å². The van der Waals surface area contributed by atoms with Gasteiger partial charge in [0, 0.05) is 24.3 Å². The highest BCUT2D eigenvalue weighted by atomic mass is 35.5. The van der Waals surface area contributed by atoms with Gasteiger partial charge in [-0.3, -0.25) is 4.90 Å². The number of nitrogens with zero attached hydrogens (tertiary/aromatic N) is 3. The number of halogens is 2. The maximum absolute atomic E-state index is 12.9. The summed E-state index contributed by atoms with van der Waals surface area (Å²) < 4.78 is 44.5. The van der Waals surface area contributed by atoms with E-state index >= 15 is 0 Å². The van der Waals surface area contributed by atoms with Crippen molar-refractivity contribution in [1.82, 2.24) is 14.9 Å². The minimum Gasteiger partial charge on any atom is -0.495 e. The van der Waals surface area contributed by atoms with Crippen molar-refractivity contribution in [3.63, 3.8) is 0 Å². The van der Waals surface area contributed by atoms with Crippen LogP contribution < -0.4 is 19.6 Å². The quantitative estimate of drug-likeness (QED) is 0.420. The molecule has 0 amide bonds. The Morgan fingerprint density at radius 1 is 1.17 bits per heavy atom. The lowest BCUT2D eigenvalue weighted by Crippen LogP contribution is -2.35. The van der Waals surface area contributed by atoms with Crippen LogP contribution in [-0.2, 0) is 23.5 Å². The van der Waals surface area contributed by atoms with Crippen LogP contribution in [0.3, 0.4) is 0 Å². The summed E-state index contributed by atoms with van der Waals surface area (Å²) in [6.07, 6.45) is 2.36. The highest BCUT2D eigenvalue weighted by Crippen LogP contribution is 2.35. The Bertz CT molecular complexity index is 1370. The maximum Gasteiger partial charge on any atom is 0.488 e. The fourth-order valence-electron chi connectivity index (χ4n) is 3.83. The predicted octanol–water partition coefficient (Wildman–Crippen LogP) is 4.90. The third-order valence-corrected chi connectivity index (χ3v) is 6.53. The van der Waals surface area contributed by atoms with E-state index in [4.69, 9.17) is 16.3 Å². The van der Waals surface area contributed by atoms with Crippen LogP contribution in [0.4, 0.5) is 27.0 Å². The number of fused-ring (bicyclic) bond motifs is 1. The molecule has 0 aliphatic carbocycles. The first-order chi connectivity index (χ1) is 16.5. The van der Waals surface area contributed by atoms with E-state index in [1.165, 1.54) is 29.5 Å². The molecule has 1 aliphatic heterocycles. The molecule has 0 radical (unpaired) electrons. The monoisotopic (exact) mass is 521 g/mol. The smallest absolute Gasteiger partial charge is 0.488 e. The molecular weight excluding hydrogens is 497 g/mol. The summed E-state index contributed by atoms with van der Waals surface area (Å²) in [5.74, 6) is 1.01. The van der Waals surface area contributed by atoms with Crippen LogP contribution in [0.1, 0.15) is 23.6 Å². The van der Waals surface area contributed by atoms with Crippen molar-refractivity contribution < 1.29 is 21.2 Å². The SMILES string of the molecule is COc1cc2c(cc1Nc1ncc(Cl)c(Nc3cc(OS(=O)(=O)F)ccc3C)n1)CN(C)C(C)C2. The van der Waals surface area contributed by atoms with Gasteiger partial charge in [0.15, 0.2) is 5.82 Å². The Balaban J connectivity index is 1.62. The van der Waals surface area contributed by atoms with Gasteiger partial charge in [0.25, 0.3) is 0 Å². The summed E-state index contributed by atoms with van der Waals surface area (Å²) in [6.45, 7) is 4.79. The van der Waals surface area contributed by atoms with Gasteiger partial charge in [-0.15, -0.1) is 0 Å². The second-order valence-electron chi connectivity index (χ2n) is 8.38. The van der Waals surface area contributed by atoms with Crippen molar-refractivity contribution in [3.8, 4) is 11.5 Å². The van der Waals surface area contributed by atoms with Gasteiger partial charge in [0.05, 0.1) is 19.0 Å². The number of hydrogen-bond acceptors (Lipinski definition) is 9. The van der Waals surface area contributed by atoms with E-state index in [1.54, 1.807) is 20.1 Å². The minimum atomic E-state index is -5.15. The van der Waals surface area contributed by atoms with Gasteiger partial charge in [-0.25, -0.2) is 4.98 Å². The van der Waals surface area contributed by atoms with Crippen molar-refractivity contribution >= 4 is 45.2 Å². The lowest BCUT2D eigenvalue weighted by molar-refractivity contribution is 0.231. The fraction of sp³-hybridized carbons (Fsp3) is 0.304. The van der Waals surface area contributed by atoms with Crippen LogP contribution in [0.2, 0.25) is 5.02 Å². The zero-order valence-electron chi connectivity index (χ0n) is 19.6. The number of aromatic nitrogens is 2. The van der Waals surface area contributed by atoms with Gasteiger partial charge < -0.3 is 19.6 Å². The molecule has 1 aromatic heterocycles. The van der Waals surface area contributed by atoms with Crippen molar-refractivity contribution in [3.05, 3.63) is 58.2 Å². The summed E-state index contributed by atoms with van der Waals surface area (Å²) in [5, 5.41) is 6.44. The number of hydrogen-bond donors (Lipinski definition) is 2.